The number of carbonyl (C=O) groups is 3. The molecule has 6 N–H and O–H groups in total. The predicted molar refractivity (Wildman–Crippen MR) is 133 cm³/mol. The molecule has 0 fully saturated rings. The lowest BCUT2D eigenvalue weighted by Gasteiger charge is -2.45. The van der Waals surface area contributed by atoms with Crippen LogP contribution >= 0.6 is 0 Å². The summed E-state index contributed by atoms with van der Waals surface area (Å²) < 4.78 is 5.36. The van der Waals surface area contributed by atoms with Crippen molar-refractivity contribution in [3.05, 3.63) is 45.7 Å². The van der Waals surface area contributed by atoms with E-state index in [9.17, 15) is 34.8 Å². The predicted octanol–water partition coefficient (Wildman–Crippen LogP) is 1.82. The molecule has 0 saturated heterocycles. The van der Waals surface area contributed by atoms with E-state index in [0.717, 1.165) is 0 Å². The van der Waals surface area contributed by atoms with Gasteiger partial charge >= 0.3 is 0 Å². The lowest BCUT2D eigenvalue weighted by atomic mass is 9.60. The minimum atomic E-state index is -2.62. The molecule has 12 heteroatoms. The number of carbonyl (C=O) groups excluding carboxylic acids is 3. The first kappa shape index (κ1) is 25.5. The number of hydrogen-bond acceptors (Lipinski definition) is 11. The van der Waals surface area contributed by atoms with Gasteiger partial charge in [0, 0.05) is 43.6 Å². The van der Waals surface area contributed by atoms with Gasteiger partial charge in [-0.2, -0.15) is 4.98 Å². The first-order valence-corrected chi connectivity index (χ1v) is 12.2. The van der Waals surface area contributed by atoms with Gasteiger partial charge in [0.25, 0.3) is 11.8 Å². The van der Waals surface area contributed by atoms with E-state index in [1.54, 1.807) is 25.1 Å². The number of hydrogen-bond donors (Lipinski definition) is 5. The number of aliphatic hydroxyl groups excluding tert-OH is 2. The second-order valence-electron chi connectivity index (χ2n) is 10.6. The number of aromatic nitrogens is 2. The summed E-state index contributed by atoms with van der Waals surface area (Å²) in [5.41, 5.74) is 2.68. The third-order valence-electron chi connectivity index (χ3n) is 7.71. The summed E-state index contributed by atoms with van der Waals surface area (Å²) in [6, 6.07) is 1.64. The van der Waals surface area contributed by atoms with Crippen LogP contribution in [0, 0.1) is 11.8 Å². The van der Waals surface area contributed by atoms with Gasteiger partial charge in [-0.1, -0.05) is 19.0 Å². The lowest BCUT2D eigenvalue weighted by molar-refractivity contribution is -0.144. The molecule has 2 aromatic rings. The van der Waals surface area contributed by atoms with Gasteiger partial charge in [-0.3, -0.25) is 14.4 Å². The lowest BCUT2D eigenvalue weighted by Crippen LogP contribution is -2.57. The Morgan fingerprint density at radius 3 is 2.47 bits per heavy atom. The average molecular weight is 525 g/mol. The molecular weight excluding hydrogens is 496 g/mol. The van der Waals surface area contributed by atoms with Crippen molar-refractivity contribution in [2.75, 3.05) is 19.0 Å². The van der Waals surface area contributed by atoms with Gasteiger partial charge in [-0.05, 0) is 30.4 Å². The van der Waals surface area contributed by atoms with Gasteiger partial charge in [0.05, 0.1) is 11.1 Å². The fraction of sp³-hybridized carbons (Fsp3) is 0.423. The molecule has 1 aromatic heterocycles. The van der Waals surface area contributed by atoms with E-state index in [0.29, 0.717) is 17.1 Å². The number of phenolic OH excluding ortho intramolecular Hbond substituents is 1. The van der Waals surface area contributed by atoms with E-state index in [1.165, 1.54) is 0 Å². The molecule has 0 radical (unpaired) electrons. The number of anilines is 1. The maximum Gasteiger partial charge on any atom is 0.261 e. The van der Waals surface area contributed by atoms with Crippen LogP contribution in [0.4, 0.5) is 5.69 Å². The molecule has 0 spiro atoms. The van der Waals surface area contributed by atoms with Crippen LogP contribution in [0.25, 0.3) is 11.5 Å². The highest BCUT2D eigenvalue weighted by Crippen LogP contribution is 2.53. The Balaban J connectivity index is 1.71. The van der Waals surface area contributed by atoms with Crippen LogP contribution in [0.3, 0.4) is 0 Å². The molecule has 1 heterocycles. The maximum absolute atomic E-state index is 13.9. The topological polar surface area (TPSA) is 200 Å². The van der Waals surface area contributed by atoms with E-state index < -0.39 is 57.8 Å². The molecule has 3 atom stereocenters. The van der Waals surface area contributed by atoms with Crippen molar-refractivity contribution in [1.82, 2.24) is 10.1 Å². The summed E-state index contributed by atoms with van der Waals surface area (Å²) in [7, 11) is 3.54. The molecule has 5 rings (SSSR count). The normalized spacial score (nSPS) is 24.9. The fourth-order valence-corrected chi connectivity index (χ4v) is 5.81. The number of benzene rings is 1. The summed E-state index contributed by atoms with van der Waals surface area (Å²) in [6.45, 7) is 3.75. The molecule has 12 nitrogen and oxygen atoms in total. The van der Waals surface area contributed by atoms with Gasteiger partial charge in [0.1, 0.15) is 22.8 Å². The van der Waals surface area contributed by atoms with Crippen molar-refractivity contribution in [2.24, 2.45) is 17.6 Å². The van der Waals surface area contributed by atoms with Gasteiger partial charge in [0.15, 0.2) is 17.2 Å². The third-order valence-corrected chi connectivity index (χ3v) is 7.71. The summed E-state index contributed by atoms with van der Waals surface area (Å²) in [6.07, 6.45) is -0.0357. The molecule has 1 amide bonds. The van der Waals surface area contributed by atoms with Crippen molar-refractivity contribution in [3.8, 4) is 17.2 Å². The average Bonchev–Trinajstić information content (AvgIpc) is 3.31. The first-order valence-electron chi connectivity index (χ1n) is 12.2. The van der Waals surface area contributed by atoms with Gasteiger partial charge in [-0.25, -0.2) is 0 Å². The molecule has 0 aliphatic heterocycles. The summed E-state index contributed by atoms with van der Waals surface area (Å²) in [5.74, 6) is -6.46. The molecular formula is C26H28N4O8. The Morgan fingerprint density at radius 2 is 1.89 bits per heavy atom. The largest absolute Gasteiger partial charge is 0.511 e. The van der Waals surface area contributed by atoms with Crippen LogP contribution in [0.15, 0.2) is 33.3 Å². The van der Waals surface area contributed by atoms with Crippen molar-refractivity contribution in [1.29, 1.82) is 0 Å². The molecule has 3 aliphatic carbocycles. The zero-order valence-corrected chi connectivity index (χ0v) is 21.3. The van der Waals surface area contributed by atoms with Crippen LogP contribution in [0.2, 0.25) is 0 Å². The molecule has 3 aliphatic rings. The Bertz CT molecular complexity index is 1480. The number of Topliss-reactive ketones (excluding diaryl/α,β-unsaturated/α-hetero) is 2. The first-order chi connectivity index (χ1) is 17.8. The second kappa shape index (κ2) is 8.42. The van der Waals surface area contributed by atoms with E-state index in [2.05, 4.69) is 10.1 Å². The molecule has 200 valence electrons. The number of nitrogens with zero attached hydrogens (tertiary/aromatic N) is 3. The summed E-state index contributed by atoms with van der Waals surface area (Å²) in [5, 5.41) is 48.2. The van der Waals surface area contributed by atoms with Gasteiger partial charge in [0.2, 0.25) is 5.78 Å². The highest BCUT2D eigenvalue weighted by Gasteiger charge is 2.59. The number of amides is 1. The molecule has 0 unspecified atom stereocenters. The van der Waals surface area contributed by atoms with Crippen LogP contribution in [0.5, 0.6) is 5.75 Å². The van der Waals surface area contributed by atoms with Crippen LogP contribution in [-0.2, 0) is 16.0 Å². The van der Waals surface area contributed by atoms with E-state index in [4.69, 9.17) is 10.3 Å². The number of aliphatic hydroxyl groups is 3. The summed E-state index contributed by atoms with van der Waals surface area (Å²) >= 11 is 0. The number of allylic oxidation sites excluding steroid dienone is 2. The molecule has 1 aromatic carbocycles. The minimum absolute atomic E-state index is 0.00160. The standard InChI is InChI=1S/C26H28N4O8/c1-9(2)24-28-25(38-29-24)13-8-14(30(3)4)12-6-10-5-11-7-15(31)18(23(27)36)22(35)26(11,37)21(34)16(10)20(33)17(12)19(13)32/h8-11,31-32,34,37H,5-7H2,1-4H3,(H2,27,36)/t10-,11+,26+/m1/s1. The van der Waals surface area contributed by atoms with Crippen LogP contribution in [-0.4, -0.2) is 67.7 Å². The molecule has 0 saturated carbocycles. The van der Waals surface area contributed by atoms with Crippen molar-refractivity contribution < 1.29 is 39.3 Å². The number of primary amides is 1. The van der Waals surface area contributed by atoms with Gasteiger partial charge < -0.3 is 35.6 Å². The van der Waals surface area contributed by atoms with Gasteiger partial charge in [-0.15, -0.1) is 0 Å². The monoisotopic (exact) mass is 524 g/mol. The van der Waals surface area contributed by atoms with E-state index in [1.807, 2.05) is 13.8 Å². The number of aromatic hydroxyl groups is 1. The van der Waals surface area contributed by atoms with Crippen LogP contribution in [0.1, 0.15) is 54.4 Å². The Labute approximate surface area is 217 Å². The number of phenols is 1. The number of nitrogens with two attached hydrogens (primary N) is 1. The Morgan fingerprint density at radius 1 is 1.21 bits per heavy atom. The number of rotatable bonds is 4. The Hall–Kier alpha value is -4.19. The quantitative estimate of drug-likeness (QED) is 0.365. The third kappa shape index (κ3) is 3.36. The van der Waals surface area contributed by atoms with E-state index >= 15 is 0 Å². The maximum atomic E-state index is 13.9. The molecule has 38 heavy (non-hydrogen) atoms. The minimum Gasteiger partial charge on any atom is -0.511 e. The number of ketones is 2. The van der Waals surface area contributed by atoms with Crippen molar-refractivity contribution >= 4 is 23.2 Å². The Kier molecular flexibility index (Phi) is 5.64. The van der Waals surface area contributed by atoms with Crippen molar-refractivity contribution in [3.63, 3.8) is 0 Å². The zero-order valence-electron chi connectivity index (χ0n) is 21.3. The molecule has 0 bridgehead atoms. The SMILES string of the molecule is CC(C)c1noc(-c2cc(N(C)C)c3c(c2O)C(=O)C2=C(O)[C@]4(O)C(=O)C(C(N)=O)=C(O)C[C@@H]4C[C@@H]2C3)n1. The van der Waals surface area contributed by atoms with Crippen LogP contribution < -0.4 is 10.6 Å². The smallest absolute Gasteiger partial charge is 0.261 e. The highest BCUT2D eigenvalue weighted by molar-refractivity contribution is 6.24. The highest BCUT2D eigenvalue weighted by atomic mass is 16.5. The second-order valence-corrected chi connectivity index (χ2v) is 10.6. The number of fused-ring (bicyclic) bond motifs is 3. The summed E-state index contributed by atoms with van der Waals surface area (Å²) in [4.78, 5) is 45.0. The van der Waals surface area contributed by atoms with E-state index in [-0.39, 0.29) is 47.8 Å². The zero-order chi connectivity index (χ0) is 27.8. The fourth-order valence-electron chi connectivity index (χ4n) is 5.81. The van der Waals surface area contributed by atoms with Crippen molar-refractivity contribution in [2.45, 2.75) is 44.6 Å².